The van der Waals surface area contributed by atoms with Crippen LogP contribution >= 0.6 is 11.8 Å². The van der Waals surface area contributed by atoms with Gasteiger partial charge in [0.1, 0.15) is 11.6 Å². The molecular weight excluding hydrogens is 393 g/mol. The Morgan fingerprint density at radius 3 is 2.66 bits per heavy atom. The molecule has 0 aliphatic heterocycles. The molecule has 1 aromatic heterocycles. The van der Waals surface area contributed by atoms with Crippen molar-refractivity contribution in [3.05, 3.63) is 59.9 Å². The summed E-state index contributed by atoms with van der Waals surface area (Å²) in [5, 5.41) is 8.37. The third kappa shape index (κ3) is 4.76. The highest BCUT2D eigenvalue weighted by Crippen LogP contribution is 2.31. The largest absolute Gasteiger partial charge is 0.497 e. The van der Waals surface area contributed by atoms with Gasteiger partial charge in [-0.3, -0.25) is 4.79 Å². The van der Waals surface area contributed by atoms with Gasteiger partial charge in [-0.1, -0.05) is 30.0 Å². The quantitative estimate of drug-likeness (QED) is 0.517. The smallest absolute Gasteiger partial charge is 0.277 e. The van der Waals surface area contributed by atoms with Crippen LogP contribution in [-0.2, 0) is 11.3 Å². The number of aromatic nitrogens is 2. The number of hydrogen-bond donors (Lipinski definition) is 0. The SMILES string of the molecule is COc1ccc(-c2nnc(SCC(=O)N(Cc3ccccc3F)C3CC3)o2)cc1. The first-order valence-electron chi connectivity index (χ1n) is 9.27. The number of amides is 1. The Labute approximate surface area is 172 Å². The summed E-state index contributed by atoms with van der Waals surface area (Å²) in [7, 11) is 1.60. The maximum atomic E-state index is 14.0. The van der Waals surface area contributed by atoms with Crippen molar-refractivity contribution < 1.29 is 18.3 Å². The van der Waals surface area contributed by atoms with Gasteiger partial charge in [0.05, 0.1) is 12.9 Å². The van der Waals surface area contributed by atoms with Crippen molar-refractivity contribution >= 4 is 17.7 Å². The van der Waals surface area contributed by atoms with Crippen molar-refractivity contribution in [3.63, 3.8) is 0 Å². The first kappa shape index (κ1) is 19.4. The normalized spacial score (nSPS) is 13.3. The van der Waals surface area contributed by atoms with Crippen molar-refractivity contribution in [2.75, 3.05) is 12.9 Å². The minimum Gasteiger partial charge on any atom is -0.497 e. The van der Waals surface area contributed by atoms with Crippen LogP contribution in [0.25, 0.3) is 11.5 Å². The van der Waals surface area contributed by atoms with Crippen molar-refractivity contribution in [2.45, 2.75) is 30.7 Å². The molecule has 6 nitrogen and oxygen atoms in total. The third-order valence-corrected chi connectivity index (χ3v) is 5.47. The van der Waals surface area contributed by atoms with E-state index in [1.807, 2.05) is 24.3 Å². The highest BCUT2D eigenvalue weighted by molar-refractivity contribution is 7.99. The van der Waals surface area contributed by atoms with E-state index in [4.69, 9.17) is 9.15 Å². The van der Waals surface area contributed by atoms with Crippen LogP contribution < -0.4 is 4.74 Å². The van der Waals surface area contributed by atoms with Gasteiger partial charge < -0.3 is 14.1 Å². The number of hydrogen-bond acceptors (Lipinski definition) is 6. The summed E-state index contributed by atoms with van der Waals surface area (Å²) in [5.41, 5.74) is 1.30. The van der Waals surface area contributed by atoms with Gasteiger partial charge in [-0.25, -0.2) is 4.39 Å². The molecule has 1 heterocycles. The van der Waals surface area contributed by atoms with Gasteiger partial charge in [0.25, 0.3) is 5.22 Å². The van der Waals surface area contributed by atoms with Crippen LogP contribution in [0.3, 0.4) is 0 Å². The summed E-state index contributed by atoms with van der Waals surface area (Å²) in [4.78, 5) is 14.5. The van der Waals surface area contributed by atoms with E-state index in [0.717, 1.165) is 24.2 Å². The summed E-state index contributed by atoms with van der Waals surface area (Å²) < 4.78 is 24.8. The molecule has 3 aromatic rings. The zero-order valence-corrected chi connectivity index (χ0v) is 16.7. The van der Waals surface area contributed by atoms with Crippen molar-refractivity contribution in [3.8, 4) is 17.2 Å². The van der Waals surface area contributed by atoms with Gasteiger partial charge >= 0.3 is 0 Å². The third-order valence-electron chi connectivity index (χ3n) is 4.67. The molecular formula is C21H20FN3O3S. The number of halogens is 1. The van der Waals surface area contributed by atoms with Crippen LogP contribution in [0.2, 0.25) is 0 Å². The number of ether oxygens (including phenoxy) is 1. The predicted molar refractivity (Wildman–Crippen MR) is 107 cm³/mol. The maximum Gasteiger partial charge on any atom is 0.277 e. The maximum absolute atomic E-state index is 14.0. The molecule has 29 heavy (non-hydrogen) atoms. The molecule has 1 amide bonds. The zero-order chi connectivity index (χ0) is 20.2. The standard InChI is InChI=1S/C21H20FN3O3S/c1-27-17-10-6-14(7-11-17)20-23-24-21(28-20)29-13-19(26)25(16-8-9-16)12-15-4-2-3-5-18(15)22/h2-7,10-11,16H,8-9,12-13H2,1H3. The number of thioether (sulfide) groups is 1. The van der Waals surface area contributed by atoms with E-state index < -0.39 is 0 Å². The van der Waals surface area contributed by atoms with Crippen molar-refractivity contribution in [1.82, 2.24) is 15.1 Å². The minimum atomic E-state index is -0.292. The molecule has 1 aliphatic rings. The van der Waals surface area contributed by atoms with Gasteiger partial charge in [0, 0.05) is 23.7 Å². The molecule has 0 radical (unpaired) electrons. The first-order chi connectivity index (χ1) is 14.1. The number of carbonyl (C=O) groups is 1. The van der Waals surface area contributed by atoms with Crippen LogP contribution in [0.1, 0.15) is 18.4 Å². The highest BCUT2D eigenvalue weighted by Gasteiger charge is 2.33. The molecule has 0 N–H and O–H groups in total. The Morgan fingerprint density at radius 2 is 1.97 bits per heavy atom. The van der Waals surface area contributed by atoms with Crippen molar-refractivity contribution in [2.24, 2.45) is 0 Å². The van der Waals surface area contributed by atoms with Gasteiger partial charge in [0.2, 0.25) is 11.8 Å². The average Bonchev–Trinajstić information content (AvgIpc) is 3.48. The second-order valence-electron chi connectivity index (χ2n) is 6.73. The molecule has 2 aromatic carbocycles. The van der Waals surface area contributed by atoms with E-state index in [1.54, 1.807) is 30.2 Å². The van der Waals surface area contributed by atoms with Crippen LogP contribution in [0, 0.1) is 5.82 Å². The Morgan fingerprint density at radius 1 is 1.21 bits per heavy atom. The molecule has 0 spiro atoms. The summed E-state index contributed by atoms with van der Waals surface area (Å²) in [6, 6.07) is 14.0. The summed E-state index contributed by atoms with van der Waals surface area (Å²) in [6.07, 6.45) is 1.90. The van der Waals surface area contributed by atoms with E-state index in [2.05, 4.69) is 10.2 Å². The number of methoxy groups -OCH3 is 1. The van der Waals surface area contributed by atoms with Gasteiger partial charge in [0.15, 0.2) is 0 Å². The number of carbonyl (C=O) groups excluding carboxylic acids is 1. The number of rotatable bonds is 8. The Kier molecular flexibility index (Phi) is 5.80. The van der Waals surface area contributed by atoms with Crippen LogP contribution in [0.4, 0.5) is 4.39 Å². The second kappa shape index (κ2) is 8.65. The van der Waals surface area contributed by atoms with E-state index in [0.29, 0.717) is 16.7 Å². The lowest BCUT2D eigenvalue weighted by molar-refractivity contribution is -0.129. The first-order valence-corrected chi connectivity index (χ1v) is 10.3. The Balaban J connectivity index is 1.38. The molecule has 0 unspecified atom stereocenters. The number of nitrogens with zero attached hydrogens (tertiary/aromatic N) is 3. The lowest BCUT2D eigenvalue weighted by Crippen LogP contribution is -2.34. The average molecular weight is 413 g/mol. The summed E-state index contributed by atoms with van der Waals surface area (Å²) >= 11 is 1.19. The monoisotopic (exact) mass is 413 g/mol. The molecule has 1 aliphatic carbocycles. The summed E-state index contributed by atoms with van der Waals surface area (Å²) in [6.45, 7) is 0.275. The van der Waals surface area contributed by atoms with Crippen molar-refractivity contribution in [1.29, 1.82) is 0 Å². The molecule has 0 atom stereocenters. The second-order valence-corrected chi connectivity index (χ2v) is 7.66. The fraction of sp³-hybridized carbons (Fsp3) is 0.286. The van der Waals surface area contributed by atoms with E-state index in [1.165, 1.54) is 17.8 Å². The lowest BCUT2D eigenvalue weighted by Gasteiger charge is -2.22. The molecule has 4 rings (SSSR count). The molecule has 1 saturated carbocycles. The van der Waals surface area contributed by atoms with Crippen LogP contribution in [-0.4, -0.2) is 39.9 Å². The fourth-order valence-corrected chi connectivity index (χ4v) is 3.59. The Bertz CT molecular complexity index is 989. The minimum absolute atomic E-state index is 0.0649. The highest BCUT2D eigenvalue weighted by atomic mass is 32.2. The van der Waals surface area contributed by atoms with E-state index >= 15 is 0 Å². The van der Waals surface area contributed by atoms with E-state index in [9.17, 15) is 9.18 Å². The van der Waals surface area contributed by atoms with Gasteiger partial charge in [-0.15, -0.1) is 10.2 Å². The van der Waals surface area contributed by atoms with E-state index in [-0.39, 0.29) is 30.1 Å². The molecule has 8 heteroatoms. The predicted octanol–water partition coefficient (Wildman–Crippen LogP) is 4.17. The Hall–Kier alpha value is -2.87. The summed E-state index contributed by atoms with van der Waals surface area (Å²) in [5.74, 6) is 0.927. The molecule has 150 valence electrons. The topological polar surface area (TPSA) is 68.5 Å². The molecule has 0 bridgehead atoms. The molecule has 0 saturated heterocycles. The molecule has 1 fully saturated rings. The van der Waals surface area contributed by atoms with Crippen LogP contribution in [0.5, 0.6) is 5.75 Å². The zero-order valence-electron chi connectivity index (χ0n) is 15.9. The van der Waals surface area contributed by atoms with Crippen LogP contribution in [0.15, 0.2) is 58.2 Å². The van der Waals surface area contributed by atoms with Gasteiger partial charge in [-0.05, 0) is 43.2 Å². The number of benzene rings is 2. The fourth-order valence-electron chi connectivity index (χ4n) is 2.94. The van der Waals surface area contributed by atoms with Gasteiger partial charge in [-0.2, -0.15) is 0 Å². The lowest BCUT2D eigenvalue weighted by atomic mass is 10.2.